The number of methoxy groups -OCH3 is 1. The number of rotatable bonds is 8. The first-order valence-electron chi connectivity index (χ1n) is 8.38. The fourth-order valence-corrected chi connectivity index (χ4v) is 2.45. The minimum Gasteiger partial charge on any atom is -0.493 e. The fraction of sp³-hybridized carbons (Fsp3) is 0.0952. The Bertz CT molecular complexity index is 970. The van der Waals surface area contributed by atoms with Gasteiger partial charge in [-0.15, -0.1) is 0 Å². The molecule has 0 aliphatic carbocycles. The Hall–Kier alpha value is -3.87. The highest BCUT2D eigenvalue weighted by Crippen LogP contribution is 2.31. The van der Waals surface area contributed by atoms with E-state index in [1.165, 1.54) is 25.3 Å². The Morgan fingerprint density at radius 3 is 2.25 bits per heavy atom. The topological polar surface area (TPSA) is 87.9 Å². The zero-order valence-corrected chi connectivity index (χ0v) is 15.0. The third-order valence-corrected chi connectivity index (χ3v) is 3.87. The Kier molecular flexibility index (Phi) is 5.86. The van der Waals surface area contributed by atoms with Crippen molar-refractivity contribution in [2.75, 3.05) is 13.7 Å². The molecule has 0 saturated heterocycles. The monoisotopic (exact) mass is 379 g/mol. The number of non-ortho nitro benzene ring substituents is 1. The van der Waals surface area contributed by atoms with Crippen molar-refractivity contribution in [3.63, 3.8) is 0 Å². The van der Waals surface area contributed by atoms with Gasteiger partial charge in [-0.1, -0.05) is 18.2 Å². The lowest BCUT2D eigenvalue weighted by molar-refractivity contribution is -0.385. The van der Waals surface area contributed by atoms with E-state index in [9.17, 15) is 14.9 Å². The Balaban J connectivity index is 1.65. The summed E-state index contributed by atoms with van der Waals surface area (Å²) in [5, 5.41) is 10.9. The zero-order chi connectivity index (χ0) is 19.9. The summed E-state index contributed by atoms with van der Waals surface area (Å²) >= 11 is 0. The van der Waals surface area contributed by atoms with Gasteiger partial charge in [0.15, 0.2) is 23.9 Å². The lowest BCUT2D eigenvalue weighted by atomic mass is 10.1. The summed E-state index contributed by atoms with van der Waals surface area (Å²) < 4.78 is 16.3. The third-order valence-electron chi connectivity index (χ3n) is 3.87. The van der Waals surface area contributed by atoms with Crippen LogP contribution < -0.4 is 14.2 Å². The number of nitrogens with zero attached hydrogens (tertiary/aromatic N) is 1. The molecule has 0 heterocycles. The quantitative estimate of drug-likeness (QED) is 0.321. The summed E-state index contributed by atoms with van der Waals surface area (Å²) in [6.45, 7) is -0.281. The first kappa shape index (κ1) is 18.9. The molecule has 0 atom stereocenters. The van der Waals surface area contributed by atoms with Crippen LogP contribution in [-0.2, 0) is 0 Å². The smallest absolute Gasteiger partial charge is 0.273 e. The Morgan fingerprint density at radius 1 is 0.929 bits per heavy atom. The molecule has 0 aromatic heterocycles. The van der Waals surface area contributed by atoms with Crippen LogP contribution in [0.4, 0.5) is 5.69 Å². The molecular formula is C21H17NO6. The molecule has 142 valence electrons. The van der Waals surface area contributed by atoms with Crippen LogP contribution in [0, 0.1) is 10.1 Å². The number of hydrogen-bond acceptors (Lipinski definition) is 6. The van der Waals surface area contributed by atoms with E-state index in [-0.39, 0.29) is 23.8 Å². The van der Waals surface area contributed by atoms with Crippen LogP contribution in [-0.4, -0.2) is 24.4 Å². The lowest BCUT2D eigenvalue weighted by Gasteiger charge is -2.10. The molecule has 0 aliphatic rings. The highest BCUT2D eigenvalue weighted by molar-refractivity contribution is 5.97. The van der Waals surface area contributed by atoms with Crippen LogP contribution in [0.25, 0.3) is 0 Å². The number of benzene rings is 3. The van der Waals surface area contributed by atoms with Gasteiger partial charge in [-0.2, -0.15) is 0 Å². The van der Waals surface area contributed by atoms with Gasteiger partial charge in [-0.3, -0.25) is 14.9 Å². The van der Waals surface area contributed by atoms with Crippen molar-refractivity contribution in [1.29, 1.82) is 0 Å². The number of Topliss-reactive ketones (excluding diaryl/α,β-unsaturated/α-hetero) is 1. The average Bonchev–Trinajstić information content (AvgIpc) is 2.73. The summed E-state index contributed by atoms with van der Waals surface area (Å²) in [6, 6.07) is 19.9. The molecule has 3 aromatic carbocycles. The fourth-order valence-electron chi connectivity index (χ4n) is 2.45. The van der Waals surface area contributed by atoms with Crippen LogP contribution in [0.1, 0.15) is 10.4 Å². The standard InChI is InChI=1S/C21H17NO6/c1-26-20-12-9-16(22(24)25)13-21(20)27-14-19(23)15-7-10-18(11-8-15)28-17-5-3-2-4-6-17/h2-13H,14H2,1H3. The molecule has 3 aromatic rings. The van der Waals surface area contributed by atoms with E-state index in [1.807, 2.05) is 30.3 Å². The number of para-hydroxylation sites is 1. The molecule has 28 heavy (non-hydrogen) atoms. The van der Waals surface area contributed by atoms with E-state index in [2.05, 4.69) is 0 Å². The van der Waals surface area contributed by atoms with E-state index >= 15 is 0 Å². The molecule has 0 bridgehead atoms. The molecular weight excluding hydrogens is 362 g/mol. The number of hydrogen-bond donors (Lipinski definition) is 0. The minimum atomic E-state index is -0.542. The maximum Gasteiger partial charge on any atom is 0.273 e. The van der Waals surface area contributed by atoms with Crippen molar-refractivity contribution in [2.45, 2.75) is 0 Å². The summed E-state index contributed by atoms with van der Waals surface area (Å²) in [7, 11) is 1.42. The van der Waals surface area contributed by atoms with Gasteiger partial charge >= 0.3 is 0 Å². The molecule has 3 rings (SSSR count). The van der Waals surface area contributed by atoms with Gasteiger partial charge in [0, 0.05) is 11.6 Å². The van der Waals surface area contributed by atoms with Crippen molar-refractivity contribution in [3.8, 4) is 23.0 Å². The van der Waals surface area contributed by atoms with Crippen LogP contribution in [0.15, 0.2) is 72.8 Å². The van der Waals surface area contributed by atoms with E-state index in [0.29, 0.717) is 22.8 Å². The van der Waals surface area contributed by atoms with Crippen molar-refractivity contribution < 1.29 is 23.9 Å². The highest BCUT2D eigenvalue weighted by Gasteiger charge is 2.14. The van der Waals surface area contributed by atoms with Gasteiger partial charge in [0.1, 0.15) is 11.5 Å². The molecule has 7 nitrogen and oxygen atoms in total. The maximum atomic E-state index is 12.4. The number of ether oxygens (including phenoxy) is 3. The van der Waals surface area contributed by atoms with Crippen molar-refractivity contribution in [1.82, 2.24) is 0 Å². The third kappa shape index (κ3) is 4.64. The summed E-state index contributed by atoms with van der Waals surface area (Å²) in [5.41, 5.74) is 0.287. The molecule has 0 radical (unpaired) electrons. The van der Waals surface area contributed by atoms with E-state index in [1.54, 1.807) is 24.3 Å². The number of carbonyl (C=O) groups excluding carboxylic acids is 1. The van der Waals surface area contributed by atoms with Gasteiger partial charge in [-0.05, 0) is 42.5 Å². The second-order valence-electron chi connectivity index (χ2n) is 5.74. The second-order valence-corrected chi connectivity index (χ2v) is 5.74. The van der Waals surface area contributed by atoms with Crippen LogP contribution in [0.5, 0.6) is 23.0 Å². The SMILES string of the molecule is COc1ccc([N+](=O)[O-])cc1OCC(=O)c1ccc(Oc2ccccc2)cc1. The van der Waals surface area contributed by atoms with Gasteiger partial charge in [0.25, 0.3) is 5.69 Å². The molecule has 0 amide bonds. The highest BCUT2D eigenvalue weighted by atomic mass is 16.6. The summed E-state index contributed by atoms with van der Waals surface area (Å²) in [6.07, 6.45) is 0. The maximum absolute atomic E-state index is 12.4. The largest absolute Gasteiger partial charge is 0.493 e. The molecule has 0 spiro atoms. The van der Waals surface area contributed by atoms with Gasteiger partial charge in [0.05, 0.1) is 18.1 Å². The average molecular weight is 379 g/mol. The van der Waals surface area contributed by atoms with Crippen molar-refractivity contribution in [2.24, 2.45) is 0 Å². The molecule has 0 N–H and O–H groups in total. The molecule has 0 saturated carbocycles. The number of carbonyl (C=O) groups is 1. The zero-order valence-electron chi connectivity index (χ0n) is 15.0. The second kappa shape index (κ2) is 8.68. The Morgan fingerprint density at radius 2 is 1.61 bits per heavy atom. The first-order chi connectivity index (χ1) is 13.6. The van der Waals surface area contributed by atoms with Crippen molar-refractivity contribution >= 4 is 11.5 Å². The molecule has 0 fully saturated rings. The van der Waals surface area contributed by atoms with Gasteiger partial charge < -0.3 is 14.2 Å². The predicted octanol–water partition coefficient (Wildman–Crippen LogP) is 4.66. The molecule has 0 unspecified atom stereocenters. The molecule has 7 heteroatoms. The van der Waals surface area contributed by atoms with Gasteiger partial charge in [-0.25, -0.2) is 0 Å². The number of nitro benzene ring substituents is 1. The number of nitro groups is 1. The number of ketones is 1. The summed E-state index contributed by atoms with van der Waals surface area (Å²) in [5.74, 6) is 1.46. The van der Waals surface area contributed by atoms with E-state index in [0.717, 1.165) is 0 Å². The van der Waals surface area contributed by atoms with Crippen LogP contribution in [0.2, 0.25) is 0 Å². The van der Waals surface area contributed by atoms with E-state index < -0.39 is 4.92 Å². The molecule has 0 aliphatic heterocycles. The van der Waals surface area contributed by atoms with Crippen molar-refractivity contribution in [3.05, 3.63) is 88.5 Å². The minimum absolute atomic E-state index is 0.133. The van der Waals surface area contributed by atoms with Crippen LogP contribution >= 0.6 is 0 Å². The Labute approximate surface area is 161 Å². The van der Waals surface area contributed by atoms with E-state index in [4.69, 9.17) is 14.2 Å². The predicted molar refractivity (Wildman–Crippen MR) is 102 cm³/mol. The van der Waals surface area contributed by atoms with Crippen LogP contribution in [0.3, 0.4) is 0 Å². The summed E-state index contributed by atoms with van der Waals surface area (Å²) in [4.78, 5) is 22.7. The normalized spacial score (nSPS) is 10.2. The lowest BCUT2D eigenvalue weighted by Crippen LogP contribution is -2.12. The van der Waals surface area contributed by atoms with Gasteiger partial charge in [0.2, 0.25) is 0 Å². The first-order valence-corrected chi connectivity index (χ1v) is 8.38.